The minimum absolute atomic E-state index is 0.0959. The van der Waals surface area contributed by atoms with Crippen LogP contribution in [0, 0.1) is 0 Å². The van der Waals surface area contributed by atoms with Gasteiger partial charge in [-0.3, -0.25) is 4.79 Å². The van der Waals surface area contributed by atoms with Gasteiger partial charge < -0.3 is 10.6 Å². The van der Waals surface area contributed by atoms with Crippen molar-refractivity contribution in [3.8, 4) is 0 Å². The molecule has 1 heterocycles. The second-order valence-electron chi connectivity index (χ2n) is 3.09. The Balaban J connectivity index is 2.20. The van der Waals surface area contributed by atoms with Crippen LogP contribution in [0.25, 0.3) is 0 Å². The SMILES string of the molecule is CCNCCCNC(=O)c1ccnnc1. The zero-order valence-electron chi connectivity index (χ0n) is 8.86. The average molecular weight is 208 g/mol. The van der Waals surface area contributed by atoms with E-state index < -0.39 is 0 Å². The van der Waals surface area contributed by atoms with Crippen molar-refractivity contribution in [2.45, 2.75) is 13.3 Å². The highest BCUT2D eigenvalue weighted by Gasteiger charge is 2.03. The molecule has 0 aliphatic heterocycles. The van der Waals surface area contributed by atoms with Crippen molar-refractivity contribution in [3.63, 3.8) is 0 Å². The van der Waals surface area contributed by atoms with Crippen molar-refractivity contribution in [2.75, 3.05) is 19.6 Å². The van der Waals surface area contributed by atoms with Crippen molar-refractivity contribution >= 4 is 5.91 Å². The summed E-state index contributed by atoms with van der Waals surface area (Å²) >= 11 is 0. The van der Waals surface area contributed by atoms with Crippen LogP contribution in [0.4, 0.5) is 0 Å². The lowest BCUT2D eigenvalue weighted by Crippen LogP contribution is -2.27. The largest absolute Gasteiger partial charge is 0.352 e. The van der Waals surface area contributed by atoms with Crippen LogP contribution in [0.15, 0.2) is 18.5 Å². The molecule has 1 aromatic rings. The first kappa shape index (κ1) is 11.6. The number of carbonyl (C=O) groups excluding carboxylic acids is 1. The lowest BCUT2D eigenvalue weighted by molar-refractivity contribution is 0.0952. The van der Waals surface area contributed by atoms with E-state index in [4.69, 9.17) is 0 Å². The zero-order chi connectivity index (χ0) is 10.9. The van der Waals surface area contributed by atoms with E-state index in [1.165, 1.54) is 12.4 Å². The van der Waals surface area contributed by atoms with Gasteiger partial charge in [0.1, 0.15) is 0 Å². The Morgan fingerprint density at radius 2 is 2.27 bits per heavy atom. The summed E-state index contributed by atoms with van der Waals surface area (Å²) in [6, 6.07) is 1.65. The Kier molecular flexibility index (Phi) is 5.32. The van der Waals surface area contributed by atoms with Crippen LogP contribution < -0.4 is 10.6 Å². The first-order valence-electron chi connectivity index (χ1n) is 5.10. The fourth-order valence-corrected chi connectivity index (χ4v) is 1.12. The first-order chi connectivity index (χ1) is 7.34. The van der Waals surface area contributed by atoms with E-state index >= 15 is 0 Å². The van der Waals surface area contributed by atoms with E-state index in [9.17, 15) is 4.79 Å². The molecule has 5 nitrogen and oxygen atoms in total. The van der Waals surface area contributed by atoms with Gasteiger partial charge in [-0.2, -0.15) is 10.2 Å². The Morgan fingerprint density at radius 1 is 1.40 bits per heavy atom. The predicted octanol–water partition coefficient (Wildman–Crippen LogP) is 0.206. The van der Waals surface area contributed by atoms with Gasteiger partial charge in [-0.1, -0.05) is 6.92 Å². The predicted molar refractivity (Wildman–Crippen MR) is 57.5 cm³/mol. The minimum atomic E-state index is -0.0959. The molecule has 2 N–H and O–H groups in total. The van der Waals surface area contributed by atoms with E-state index in [1.807, 2.05) is 0 Å². The molecule has 0 fully saturated rings. The third-order valence-corrected chi connectivity index (χ3v) is 1.91. The van der Waals surface area contributed by atoms with Gasteiger partial charge in [-0.15, -0.1) is 0 Å². The van der Waals surface area contributed by atoms with E-state index in [1.54, 1.807) is 6.07 Å². The fourth-order valence-electron chi connectivity index (χ4n) is 1.12. The Bertz CT molecular complexity index is 289. The number of hydrogen-bond donors (Lipinski definition) is 2. The first-order valence-corrected chi connectivity index (χ1v) is 5.10. The van der Waals surface area contributed by atoms with Gasteiger partial charge in [-0.05, 0) is 25.6 Å². The lowest BCUT2D eigenvalue weighted by Gasteiger charge is -2.04. The maximum absolute atomic E-state index is 11.5. The van der Waals surface area contributed by atoms with Gasteiger partial charge in [-0.25, -0.2) is 0 Å². The molecule has 0 spiro atoms. The molecule has 0 unspecified atom stereocenters. The van der Waals surface area contributed by atoms with Crippen molar-refractivity contribution in [3.05, 3.63) is 24.0 Å². The second kappa shape index (κ2) is 6.89. The van der Waals surface area contributed by atoms with Crippen LogP contribution in [0.5, 0.6) is 0 Å². The van der Waals surface area contributed by atoms with Gasteiger partial charge in [0.2, 0.25) is 0 Å². The number of amides is 1. The highest BCUT2D eigenvalue weighted by molar-refractivity contribution is 5.93. The quantitative estimate of drug-likeness (QED) is 0.656. The highest BCUT2D eigenvalue weighted by Crippen LogP contribution is 1.92. The van der Waals surface area contributed by atoms with Crippen LogP contribution >= 0.6 is 0 Å². The van der Waals surface area contributed by atoms with Crippen molar-refractivity contribution in [1.29, 1.82) is 0 Å². The third-order valence-electron chi connectivity index (χ3n) is 1.91. The van der Waals surface area contributed by atoms with E-state index in [0.717, 1.165) is 19.5 Å². The Morgan fingerprint density at radius 3 is 2.93 bits per heavy atom. The molecule has 0 bridgehead atoms. The summed E-state index contributed by atoms with van der Waals surface area (Å²) in [5, 5.41) is 13.2. The molecule has 1 rings (SSSR count). The molecule has 0 aromatic carbocycles. The summed E-state index contributed by atoms with van der Waals surface area (Å²) < 4.78 is 0. The molecule has 1 aromatic heterocycles. The molecule has 1 amide bonds. The molecular formula is C10H16N4O. The van der Waals surface area contributed by atoms with Crippen molar-refractivity contribution in [2.24, 2.45) is 0 Å². The number of hydrogen-bond acceptors (Lipinski definition) is 4. The zero-order valence-corrected chi connectivity index (χ0v) is 8.86. The molecule has 0 saturated heterocycles. The summed E-state index contributed by atoms with van der Waals surface area (Å²) in [6.07, 6.45) is 3.89. The maximum Gasteiger partial charge on any atom is 0.252 e. The van der Waals surface area contributed by atoms with Crippen LogP contribution in [0.3, 0.4) is 0 Å². The normalized spacial score (nSPS) is 9.93. The number of carbonyl (C=O) groups is 1. The molecule has 0 aliphatic carbocycles. The van der Waals surface area contributed by atoms with Crippen LogP contribution in [0.1, 0.15) is 23.7 Å². The van der Waals surface area contributed by atoms with Crippen LogP contribution in [-0.2, 0) is 0 Å². The molecular weight excluding hydrogens is 192 g/mol. The maximum atomic E-state index is 11.5. The molecule has 82 valence electrons. The number of nitrogens with zero attached hydrogens (tertiary/aromatic N) is 2. The third kappa shape index (κ3) is 4.51. The van der Waals surface area contributed by atoms with Gasteiger partial charge in [0.15, 0.2) is 0 Å². The summed E-state index contributed by atoms with van der Waals surface area (Å²) in [6.45, 7) is 4.61. The molecule has 5 heteroatoms. The fraction of sp³-hybridized carbons (Fsp3) is 0.500. The van der Waals surface area contributed by atoms with E-state index in [-0.39, 0.29) is 5.91 Å². The molecule has 0 aliphatic rings. The summed E-state index contributed by atoms with van der Waals surface area (Å²) in [5.74, 6) is -0.0959. The van der Waals surface area contributed by atoms with Gasteiger partial charge in [0.25, 0.3) is 5.91 Å². The second-order valence-corrected chi connectivity index (χ2v) is 3.09. The Labute approximate surface area is 89.3 Å². The smallest absolute Gasteiger partial charge is 0.252 e. The topological polar surface area (TPSA) is 66.9 Å². The molecule has 0 radical (unpaired) electrons. The Hall–Kier alpha value is -1.49. The van der Waals surface area contributed by atoms with E-state index in [0.29, 0.717) is 12.1 Å². The lowest BCUT2D eigenvalue weighted by atomic mass is 10.3. The summed E-state index contributed by atoms with van der Waals surface area (Å²) in [4.78, 5) is 11.5. The number of aromatic nitrogens is 2. The summed E-state index contributed by atoms with van der Waals surface area (Å²) in [5.41, 5.74) is 0.549. The van der Waals surface area contributed by atoms with Crippen molar-refractivity contribution in [1.82, 2.24) is 20.8 Å². The monoisotopic (exact) mass is 208 g/mol. The van der Waals surface area contributed by atoms with Crippen molar-refractivity contribution < 1.29 is 4.79 Å². The molecule has 15 heavy (non-hydrogen) atoms. The highest BCUT2D eigenvalue weighted by atomic mass is 16.1. The van der Waals surface area contributed by atoms with Gasteiger partial charge >= 0.3 is 0 Å². The number of rotatable bonds is 6. The molecule has 0 saturated carbocycles. The minimum Gasteiger partial charge on any atom is -0.352 e. The average Bonchev–Trinajstić information content (AvgIpc) is 2.30. The standard InChI is InChI=1S/C10H16N4O/c1-2-11-5-3-6-12-10(15)9-4-7-13-14-8-9/h4,7-8,11H,2-3,5-6H2,1H3,(H,12,15). The van der Waals surface area contributed by atoms with Gasteiger partial charge in [0.05, 0.1) is 18.0 Å². The molecule has 0 atom stereocenters. The van der Waals surface area contributed by atoms with Gasteiger partial charge in [0, 0.05) is 6.54 Å². The van der Waals surface area contributed by atoms with Crippen LogP contribution in [0.2, 0.25) is 0 Å². The van der Waals surface area contributed by atoms with E-state index in [2.05, 4.69) is 27.8 Å². The number of nitrogens with one attached hydrogen (secondary N) is 2. The summed E-state index contributed by atoms with van der Waals surface area (Å²) in [7, 11) is 0. The van der Waals surface area contributed by atoms with Crippen LogP contribution in [-0.4, -0.2) is 35.7 Å².